The molecule has 138 valence electrons. The fraction of sp³-hybridized carbons (Fsp3) is 0.333. The number of nitrogens with zero attached hydrogens (tertiary/aromatic N) is 1. The molecule has 0 saturated carbocycles. The minimum Gasteiger partial charge on any atom is -0.493 e. The molecule has 8 heteroatoms. The first kappa shape index (κ1) is 18.2. The van der Waals surface area contributed by atoms with Crippen molar-refractivity contribution in [2.24, 2.45) is 5.73 Å². The maximum Gasteiger partial charge on any atom is 0.256 e. The highest BCUT2D eigenvalue weighted by Gasteiger charge is 2.26. The average Bonchev–Trinajstić information content (AvgIpc) is 2.97. The molecule has 2 amide bonds. The largest absolute Gasteiger partial charge is 0.493 e. The quantitative estimate of drug-likeness (QED) is 0.835. The third-order valence-corrected chi connectivity index (χ3v) is 5.50. The van der Waals surface area contributed by atoms with Gasteiger partial charge in [0.05, 0.1) is 19.8 Å². The van der Waals surface area contributed by atoms with E-state index >= 15 is 0 Å². The second-order valence-corrected chi connectivity index (χ2v) is 7.19. The van der Waals surface area contributed by atoms with E-state index in [1.807, 2.05) is 7.05 Å². The lowest BCUT2D eigenvalue weighted by atomic mass is 10.0. The summed E-state index contributed by atoms with van der Waals surface area (Å²) in [6, 6.07) is 4.90. The van der Waals surface area contributed by atoms with Gasteiger partial charge in [-0.05, 0) is 37.2 Å². The van der Waals surface area contributed by atoms with E-state index in [-0.39, 0.29) is 5.91 Å². The number of rotatable bonds is 5. The van der Waals surface area contributed by atoms with Crippen molar-refractivity contribution in [3.05, 3.63) is 39.8 Å². The molecule has 0 unspecified atom stereocenters. The Labute approximate surface area is 155 Å². The van der Waals surface area contributed by atoms with E-state index in [1.165, 1.54) is 25.6 Å². The number of thiophene rings is 1. The number of nitrogens with two attached hydrogens (primary N) is 1. The second-order valence-electron chi connectivity index (χ2n) is 6.08. The van der Waals surface area contributed by atoms with E-state index in [2.05, 4.69) is 10.2 Å². The molecule has 0 bridgehead atoms. The van der Waals surface area contributed by atoms with Crippen LogP contribution in [0, 0.1) is 0 Å². The fourth-order valence-corrected chi connectivity index (χ4v) is 4.36. The van der Waals surface area contributed by atoms with Gasteiger partial charge in [-0.2, -0.15) is 0 Å². The molecule has 1 aliphatic heterocycles. The molecule has 0 atom stereocenters. The Balaban J connectivity index is 1.91. The highest BCUT2D eigenvalue weighted by molar-refractivity contribution is 7.17. The fourth-order valence-electron chi connectivity index (χ4n) is 3.03. The van der Waals surface area contributed by atoms with Crippen molar-refractivity contribution in [1.82, 2.24) is 4.90 Å². The Bertz CT molecular complexity index is 862. The minimum atomic E-state index is -0.519. The van der Waals surface area contributed by atoms with Crippen LogP contribution in [-0.4, -0.2) is 44.5 Å². The van der Waals surface area contributed by atoms with Crippen molar-refractivity contribution in [1.29, 1.82) is 0 Å². The van der Waals surface area contributed by atoms with Gasteiger partial charge in [0.2, 0.25) is 0 Å². The maximum atomic E-state index is 12.7. The minimum absolute atomic E-state index is 0.333. The van der Waals surface area contributed by atoms with Gasteiger partial charge >= 0.3 is 0 Å². The molecule has 3 rings (SSSR count). The van der Waals surface area contributed by atoms with Crippen molar-refractivity contribution in [3.63, 3.8) is 0 Å². The van der Waals surface area contributed by atoms with Crippen molar-refractivity contribution in [2.75, 3.05) is 33.1 Å². The molecule has 1 aliphatic rings. The standard InChI is InChI=1S/C18H21N3O4S/c1-21-7-6-11-14(9-21)26-18(15(11)16(19)22)20-17(23)10-4-5-12(24-2)13(8-10)25-3/h4-5,8H,6-7,9H2,1-3H3,(H2,19,22)(H,20,23). The summed E-state index contributed by atoms with van der Waals surface area (Å²) in [7, 11) is 5.06. The van der Waals surface area contributed by atoms with Gasteiger partial charge in [-0.1, -0.05) is 0 Å². The lowest BCUT2D eigenvalue weighted by molar-refractivity contribution is 0.1000. The number of likely N-dealkylation sites (N-methyl/N-ethyl adjacent to an activating group) is 1. The monoisotopic (exact) mass is 375 g/mol. The number of methoxy groups -OCH3 is 2. The molecule has 0 saturated heterocycles. The van der Waals surface area contributed by atoms with Crippen LogP contribution in [0.2, 0.25) is 0 Å². The number of carbonyl (C=O) groups excluding carboxylic acids is 2. The number of nitrogens with one attached hydrogen (secondary N) is 1. The zero-order chi connectivity index (χ0) is 18.8. The van der Waals surface area contributed by atoms with Crippen LogP contribution >= 0.6 is 11.3 Å². The molecular formula is C18H21N3O4S. The molecule has 0 fully saturated rings. The topological polar surface area (TPSA) is 93.9 Å². The summed E-state index contributed by atoms with van der Waals surface area (Å²) in [5, 5.41) is 3.33. The first-order valence-corrected chi connectivity index (χ1v) is 8.92. The van der Waals surface area contributed by atoms with Gasteiger partial charge in [-0.15, -0.1) is 11.3 Å². The van der Waals surface area contributed by atoms with E-state index < -0.39 is 5.91 Å². The zero-order valence-electron chi connectivity index (χ0n) is 14.9. The molecule has 2 heterocycles. The number of anilines is 1. The van der Waals surface area contributed by atoms with E-state index in [4.69, 9.17) is 15.2 Å². The summed E-state index contributed by atoms with van der Waals surface area (Å²) in [5.74, 6) is 0.147. The molecule has 3 N–H and O–H groups in total. The predicted octanol–water partition coefficient (Wildman–Crippen LogP) is 2.10. The van der Waals surface area contributed by atoms with Crippen LogP contribution in [0.3, 0.4) is 0 Å². The van der Waals surface area contributed by atoms with Crippen molar-refractivity contribution in [3.8, 4) is 11.5 Å². The Morgan fingerprint density at radius 3 is 2.62 bits per heavy atom. The number of hydrogen-bond acceptors (Lipinski definition) is 6. The third kappa shape index (κ3) is 3.38. The normalized spacial score (nSPS) is 13.8. The third-order valence-electron chi connectivity index (χ3n) is 4.37. The number of ether oxygens (including phenoxy) is 2. The lowest BCUT2D eigenvalue weighted by Gasteiger charge is -2.22. The van der Waals surface area contributed by atoms with Crippen LogP contribution in [0.15, 0.2) is 18.2 Å². The van der Waals surface area contributed by atoms with Crippen LogP contribution in [0.25, 0.3) is 0 Å². The molecule has 2 aromatic rings. The number of fused-ring (bicyclic) bond motifs is 1. The highest BCUT2D eigenvalue weighted by atomic mass is 32.1. The summed E-state index contributed by atoms with van der Waals surface area (Å²) in [5.41, 5.74) is 7.36. The van der Waals surface area contributed by atoms with Gasteiger partial charge in [-0.25, -0.2) is 0 Å². The summed E-state index contributed by atoms with van der Waals surface area (Å²) in [6.45, 7) is 1.60. The number of carbonyl (C=O) groups is 2. The highest BCUT2D eigenvalue weighted by Crippen LogP contribution is 2.37. The van der Waals surface area contributed by atoms with E-state index in [0.29, 0.717) is 27.6 Å². The van der Waals surface area contributed by atoms with Crippen LogP contribution < -0.4 is 20.5 Å². The molecular weight excluding hydrogens is 354 g/mol. The Kier molecular flexibility index (Phi) is 5.15. The predicted molar refractivity (Wildman–Crippen MR) is 100 cm³/mol. The average molecular weight is 375 g/mol. The zero-order valence-corrected chi connectivity index (χ0v) is 15.7. The molecule has 0 radical (unpaired) electrons. The van der Waals surface area contributed by atoms with Gasteiger partial charge in [0.25, 0.3) is 11.8 Å². The Morgan fingerprint density at radius 1 is 1.23 bits per heavy atom. The molecule has 1 aromatic heterocycles. The Hall–Kier alpha value is -2.58. The van der Waals surface area contributed by atoms with Crippen molar-refractivity contribution >= 4 is 28.2 Å². The summed E-state index contributed by atoms with van der Waals surface area (Å²) < 4.78 is 10.4. The van der Waals surface area contributed by atoms with Gasteiger partial charge < -0.3 is 25.4 Å². The van der Waals surface area contributed by atoms with Crippen molar-refractivity contribution in [2.45, 2.75) is 13.0 Å². The number of amides is 2. The van der Waals surface area contributed by atoms with E-state index in [0.717, 1.165) is 30.0 Å². The Morgan fingerprint density at radius 2 is 1.96 bits per heavy atom. The van der Waals surface area contributed by atoms with Gasteiger partial charge in [0, 0.05) is 23.5 Å². The summed E-state index contributed by atoms with van der Waals surface area (Å²) in [6.07, 6.45) is 0.743. The maximum absolute atomic E-state index is 12.7. The molecule has 7 nitrogen and oxygen atoms in total. The smallest absolute Gasteiger partial charge is 0.256 e. The first-order chi connectivity index (χ1) is 12.4. The molecule has 0 spiro atoms. The van der Waals surface area contributed by atoms with Crippen LogP contribution in [0.5, 0.6) is 11.5 Å². The number of primary amides is 1. The first-order valence-electron chi connectivity index (χ1n) is 8.10. The lowest BCUT2D eigenvalue weighted by Crippen LogP contribution is -2.27. The molecule has 0 aliphatic carbocycles. The molecule has 1 aromatic carbocycles. The summed E-state index contributed by atoms with van der Waals surface area (Å²) >= 11 is 1.40. The van der Waals surface area contributed by atoms with Gasteiger partial charge in [0.1, 0.15) is 5.00 Å². The van der Waals surface area contributed by atoms with Crippen LogP contribution in [0.4, 0.5) is 5.00 Å². The van der Waals surface area contributed by atoms with Gasteiger partial charge in [-0.3, -0.25) is 9.59 Å². The van der Waals surface area contributed by atoms with E-state index in [9.17, 15) is 9.59 Å². The van der Waals surface area contributed by atoms with Gasteiger partial charge in [0.15, 0.2) is 11.5 Å². The summed E-state index contributed by atoms with van der Waals surface area (Å²) in [4.78, 5) is 27.9. The van der Waals surface area contributed by atoms with E-state index in [1.54, 1.807) is 18.2 Å². The second kappa shape index (κ2) is 7.35. The molecule has 26 heavy (non-hydrogen) atoms. The number of benzene rings is 1. The van der Waals surface area contributed by atoms with Crippen molar-refractivity contribution < 1.29 is 19.1 Å². The number of hydrogen-bond donors (Lipinski definition) is 2. The van der Waals surface area contributed by atoms with Crippen LogP contribution in [-0.2, 0) is 13.0 Å². The van der Waals surface area contributed by atoms with Crippen LogP contribution in [0.1, 0.15) is 31.2 Å². The SMILES string of the molecule is COc1ccc(C(=O)Nc2sc3c(c2C(N)=O)CCN(C)C3)cc1OC.